The Morgan fingerprint density at radius 2 is 1.59 bits per heavy atom. The molecular formula is C22H27N3O3S. The summed E-state index contributed by atoms with van der Waals surface area (Å²) >= 11 is 0. The number of carbonyl (C=O) groups excluding carboxylic acids is 1. The predicted octanol–water partition coefficient (Wildman–Crippen LogP) is 3.20. The third-order valence-corrected chi connectivity index (χ3v) is 6.79. The fraction of sp³-hybridized carbons (Fsp3) is 0.364. The summed E-state index contributed by atoms with van der Waals surface area (Å²) in [6.07, 6.45) is 0.748. The van der Waals surface area contributed by atoms with Gasteiger partial charge in [-0.3, -0.25) is 4.79 Å². The van der Waals surface area contributed by atoms with E-state index in [1.165, 1.54) is 9.21 Å². The lowest BCUT2D eigenvalue weighted by atomic mass is 10.1. The summed E-state index contributed by atoms with van der Waals surface area (Å²) in [6, 6.07) is 18.3. The number of amides is 1. The van der Waals surface area contributed by atoms with Crippen LogP contribution in [0.25, 0.3) is 0 Å². The van der Waals surface area contributed by atoms with E-state index in [4.69, 9.17) is 5.26 Å². The summed E-state index contributed by atoms with van der Waals surface area (Å²) in [5, 5.41) is 9.04. The van der Waals surface area contributed by atoms with E-state index >= 15 is 0 Å². The van der Waals surface area contributed by atoms with Crippen LogP contribution in [0.5, 0.6) is 0 Å². The zero-order valence-corrected chi connectivity index (χ0v) is 17.7. The lowest BCUT2D eigenvalue weighted by Crippen LogP contribution is -2.31. The third-order valence-electron chi connectivity index (χ3n) is 4.72. The van der Waals surface area contributed by atoms with Crippen LogP contribution in [0.1, 0.15) is 31.4 Å². The minimum atomic E-state index is -3.48. The van der Waals surface area contributed by atoms with Gasteiger partial charge in [0, 0.05) is 26.1 Å². The van der Waals surface area contributed by atoms with Crippen molar-refractivity contribution >= 4 is 15.9 Å². The van der Waals surface area contributed by atoms with Crippen LogP contribution in [-0.4, -0.2) is 43.2 Å². The highest BCUT2D eigenvalue weighted by atomic mass is 32.2. The maximum Gasteiger partial charge on any atom is 0.243 e. The second-order valence-corrected chi connectivity index (χ2v) is 8.56. The molecule has 7 heteroatoms. The molecule has 0 saturated heterocycles. The molecule has 0 heterocycles. The molecule has 0 N–H and O–H groups in total. The van der Waals surface area contributed by atoms with Gasteiger partial charge in [-0.1, -0.05) is 56.3 Å². The first-order valence-electron chi connectivity index (χ1n) is 9.70. The number of carbonyl (C=O) groups is 1. The minimum absolute atomic E-state index is 0.0365. The summed E-state index contributed by atoms with van der Waals surface area (Å²) in [5.74, 6) is -0.102. The Bertz CT molecular complexity index is 932. The van der Waals surface area contributed by atoms with Gasteiger partial charge in [0.25, 0.3) is 0 Å². The van der Waals surface area contributed by atoms with Gasteiger partial charge in [0.2, 0.25) is 15.9 Å². The standard InChI is InChI=1S/C22H27N3O3S/c1-3-25(4-2)29(27,28)21-13-10-19(11-14-21)12-15-22(26)24(17-16-23)18-20-8-6-5-7-9-20/h5-11,13-14H,3-4,12,15,17-18H2,1-2H3. The Hall–Kier alpha value is -2.69. The lowest BCUT2D eigenvalue weighted by Gasteiger charge is -2.20. The summed E-state index contributed by atoms with van der Waals surface area (Å²) in [6.45, 7) is 4.90. The van der Waals surface area contributed by atoms with Gasteiger partial charge < -0.3 is 4.90 Å². The fourth-order valence-electron chi connectivity index (χ4n) is 3.07. The van der Waals surface area contributed by atoms with E-state index in [9.17, 15) is 13.2 Å². The number of sulfonamides is 1. The van der Waals surface area contributed by atoms with Gasteiger partial charge >= 0.3 is 0 Å². The largest absolute Gasteiger partial charge is 0.325 e. The summed E-state index contributed by atoms with van der Waals surface area (Å²) < 4.78 is 26.5. The molecule has 154 valence electrons. The van der Waals surface area contributed by atoms with Crippen molar-refractivity contribution in [3.8, 4) is 6.07 Å². The SMILES string of the molecule is CCN(CC)S(=O)(=O)c1ccc(CCC(=O)N(CC#N)Cc2ccccc2)cc1. The van der Waals surface area contributed by atoms with E-state index in [0.717, 1.165) is 11.1 Å². The molecule has 2 aromatic carbocycles. The molecule has 2 aromatic rings. The molecule has 29 heavy (non-hydrogen) atoms. The van der Waals surface area contributed by atoms with Crippen LogP contribution in [-0.2, 0) is 27.8 Å². The average molecular weight is 414 g/mol. The maximum atomic E-state index is 12.6. The molecule has 0 unspecified atom stereocenters. The number of aryl methyl sites for hydroxylation is 1. The highest BCUT2D eigenvalue weighted by molar-refractivity contribution is 7.89. The predicted molar refractivity (Wildman–Crippen MR) is 112 cm³/mol. The van der Waals surface area contributed by atoms with E-state index in [1.54, 1.807) is 24.3 Å². The molecular weight excluding hydrogens is 386 g/mol. The topological polar surface area (TPSA) is 81.5 Å². The second kappa shape index (κ2) is 10.7. The van der Waals surface area contributed by atoms with Gasteiger partial charge in [-0.25, -0.2) is 8.42 Å². The van der Waals surface area contributed by atoms with Gasteiger partial charge in [-0.05, 0) is 29.7 Å². The Labute approximate surface area is 173 Å². The Kier molecular flexibility index (Phi) is 8.37. The molecule has 1 amide bonds. The van der Waals surface area contributed by atoms with Crippen LogP contribution >= 0.6 is 0 Å². The number of hydrogen-bond donors (Lipinski definition) is 0. The smallest absolute Gasteiger partial charge is 0.243 e. The van der Waals surface area contributed by atoms with Crippen molar-refractivity contribution in [3.63, 3.8) is 0 Å². The van der Waals surface area contributed by atoms with Crippen molar-refractivity contribution in [2.45, 2.75) is 38.1 Å². The normalized spacial score (nSPS) is 11.2. The van der Waals surface area contributed by atoms with Crippen molar-refractivity contribution < 1.29 is 13.2 Å². The van der Waals surface area contributed by atoms with E-state index in [2.05, 4.69) is 0 Å². The molecule has 0 fully saturated rings. The third kappa shape index (κ3) is 6.14. The van der Waals surface area contributed by atoms with Crippen LogP contribution in [0.2, 0.25) is 0 Å². The van der Waals surface area contributed by atoms with Crippen LogP contribution in [0.15, 0.2) is 59.5 Å². The van der Waals surface area contributed by atoms with Gasteiger partial charge in [-0.15, -0.1) is 0 Å². The zero-order valence-electron chi connectivity index (χ0n) is 16.9. The van der Waals surface area contributed by atoms with Crippen LogP contribution in [0.4, 0.5) is 0 Å². The number of nitriles is 1. The second-order valence-electron chi connectivity index (χ2n) is 6.63. The highest BCUT2D eigenvalue weighted by Crippen LogP contribution is 2.17. The quantitative estimate of drug-likeness (QED) is 0.560. The van der Waals surface area contributed by atoms with E-state index in [-0.39, 0.29) is 23.8 Å². The molecule has 0 saturated carbocycles. The Morgan fingerprint density at radius 1 is 0.966 bits per heavy atom. The molecule has 0 aliphatic rings. The maximum absolute atomic E-state index is 12.6. The molecule has 6 nitrogen and oxygen atoms in total. The van der Waals surface area contributed by atoms with Crippen LogP contribution < -0.4 is 0 Å². The summed E-state index contributed by atoms with van der Waals surface area (Å²) in [5.41, 5.74) is 1.86. The van der Waals surface area contributed by atoms with E-state index in [0.29, 0.717) is 26.1 Å². The van der Waals surface area contributed by atoms with Crippen LogP contribution in [0, 0.1) is 11.3 Å². The first kappa shape index (κ1) is 22.6. The fourth-order valence-corrected chi connectivity index (χ4v) is 4.53. The number of benzene rings is 2. The summed E-state index contributed by atoms with van der Waals surface area (Å²) in [4.78, 5) is 14.4. The van der Waals surface area contributed by atoms with Crippen LogP contribution in [0.3, 0.4) is 0 Å². The zero-order chi connectivity index (χ0) is 21.3. The van der Waals surface area contributed by atoms with Gasteiger partial charge in [-0.2, -0.15) is 9.57 Å². The molecule has 0 aliphatic carbocycles. The Balaban J connectivity index is 2.01. The van der Waals surface area contributed by atoms with Gasteiger partial charge in [0.05, 0.1) is 11.0 Å². The number of rotatable bonds is 10. The Morgan fingerprint density at radius 3 is 2.14 bits per heavy atom. The minimum Gasteiger partial charge on any atom is -0.325 e. The molecule has 2 rings (SSSR count). The van der Waals surface area contributed by atoms with Crippen molar-refractivity contribution in [1.29, 1.82) is 5.26 Å². The molecule has 0 aromatic heterocycles. The highest BCUT2D eigenvalue weighted by Gasteiger charge is 2.21. The first-order valence-corrected chi connectivity index (χ1v) is 11.1. The monoisotopic (exact) mass is 413 g/mol. The molecule has 0 atom stereocenters. The summed E-state index contributed by atoms with van der Waals surface area (Å²) in [7, 11) is -3.48. The molecule has 0 radical (unpaired) electrons. The number of hydrogen-bond acceptors (Lipinski definition) is 4. The average Bonchev–Trinajstić information content (AvgIpc) is 2.73. The molecule has 0 bridgehead atoms. The van der Waals surface area contributed by atoms with E-state index < -0.39 is 10.0 Å². The van der Waals surface area contributed by atoms with E-state index in [1.807, 2.05) is 50.2 Å². The van der Waals surface area contributed by atoms with Crippen molar-refractivity contribution in [2.75, 3.05) is 19.6 Å². The first-order chi connectivity index (χ1) is 13.9. The van der Waals surface area contributed by atoms with Crippen molar-refractivity contribution in [2.24, 2.45) is 0 Å². The van der Waals surface area contributed by atoms with Gasteiger partial charge in [0.1, 0.15) is 6.54 Å². The number of nitrogens with zero attached hydrogens (tertiary/aromatic N) is 3. The lowest BCUT2D eigenvalue weighted by molar-refractivity contribution is -0.131. The molecule has 0 aliphatic heterocycles. The van der Waals surface area contributed by atoms with Gasteiger partial charge in [0.15, 0.2) is 0 Å². The van der Waals surface area contributed by atoms with Crippen molar-refractivity contribution in [3.05, 3.63) is 65.7 Å². The van der Waals surface area contributed by atoms with Crippen molar-refractivity contribution in [1.82, 2.24) is 9.21 Å². The molecule has 0 spiro atoms.